The summed E-state index contributed by atoms with van der Waals surface area (Å²) in [5, 5.41) is 53.4. The van der Waals surface area contributed by atoms with E-state index in [-0.39, 0.29) is 23.0 Å². The van der Waals surface area contributed by atoms with Crippen molar-refractivity contribution in [1.82, 2.24) is 10.6 Å². The largest absolute Gasteiger partial charge is 0.504 e. The number of aliphatic hydroxyl groups is 1. The Bertz CT molecular complexity index is 981. The third-order valence-corrected chi connectivity index (χ3v) is 5.12. The maximum atomic E-state index is 12.2. The number of aliphatic hydroxyl groups excluding tert-OH is 1. The lowest BCUT2D eigenvalue weighted by Crippen LogP contribution is -2.47. The molecule has 32 heavy (non-hydrogen) atoms. The van der Waals surface area contributed by atoms with Gasteiger partial charge in [-0.05, 0) is 60.4 Å². The number of amides is 2. The number of hydrogen-bond donors (Lipinski definition) is 7. The first kappa shape index (κ1) is 22.7. The van der Waals surface area contributed by atoms with Crippen molar-refractivity contribution < 1.29 is 35.1 Å². The number of hydrogen-bond acceptors (Lipinski definition) is 7. The molecular formula is C23H24N2O7. The molecule has 7 N–H and O–H groups in total. The van der Waals surface area contributed by atoms with Gasteiger partial charge in [-0.1, -0.05) is 12.1 Å². The number of phenolic OH excluding ortho intramolecular Hbond substituents is 4. The van der Waals surface area contributed by atoms with Crippen molar-refractivity contribution in [2.24, 2.45) is 0 Å². The van der Waals surface area contributed by atoms with E-state index >= 15 is 0 Å². The lowest BCUT2D eigenvalue weighted by molar-refractivity contribution is -0.118. The van der Waals surface area contributed by atoms with Gasteiger partial charge < -0.3 is 36.2 Å². The van der Waals surface area contributed by atoms with Gasteiger partial charge in [0.05, 0.1) is 18.2 Å². The molecule has 0 bridgehead atoms. The van der Waals surface area contributed by atoms with Crippen molar-refractivity contribution in [2.45, 2.75) is 31.0 Å². The smallest absolute Gasteiger partial charge is 0.244 e. The van der Waals surface area contributed by atoms with Crippen LogP contribution in [0.3, 0.4) is 0 Å². The number of carbonyl (C=O) groups excluding carboxylic acids is 2. The molecule has 9 heteroatoms. The summed E-state index contributed by atoms with van der Waals surface area (Å²) in [7, 11) is 0. The number of aromatic hydroxyl groups is 4. The lowest BCUT2D eigenvalue weighted by atomic mass is 10.1. The van der Waals surface area contributed by atoms with E-state index in [4.69, 9.17) is 0 Å². The van der Waals surface area contributed by atoms with E-state index in [1.165, 1.54) is 60.7 Å². The molecule has 2 aromatic rings. The number of rotatable bonds is 6. The van der Waals surface area contributed by atoms with Crippen LogP contribution in [0.4, 0.5) is 0 Å². The highest BCUT2D eigenvalue weighted by Crippen LogP contribution is 2.26. The summed E-state index contributed by atoms with van der Waals surface area (Å²) < 4.78 is 0. The van der Waals surface area contributed by atoms with Gasteiger partial charge in [0.25, 0.3) is 0 Å². The second kappa shape index (κ2) is 9.88. The molecule has 2 unspecified atom stereocenters. The van der Waals surface area contributed by atoms with E-state index in [1.807, 2.05) is 0 Å². The zero-order chi connectivity index (χ0) is 23.3. The van der Waals surface area contributed by atoms with Gasteiger partial charge in [-0.15, -0.1) is 0 Å². The Balaban J connectivity index is 1.50. The first-order valence-corrected chi connectivity index (χ1v) is 9.92. The quantitative estimate of drug-likeness (QED) is 0.264. The Morgan fingerprint density at radius 1 is 0.719 bits per heavy atom. The Morgan fingerprint density at radius 3 is 1.50 bits per heavy atom. The molecule has 9 nitrogen and oxygen atoms in total. The molecule has 0 aromatic heterocycles. The molecule has 1 aliphatic carbocycles. The molecule has 0 radical (unpaired) electrons. The van der Waals surface area contributed by atoms with Gasteiger partial charge in [0.15, 0.2) is 23.0 Å². The fourth-order valence-corrected chi connectivity index (χ4v) is 3.39. The maximum Gasteiger partial charge on any atom is 0.244 e. The fourth-order valence-electron chi connectivity index (χ4n) is 3.39. The number of benzene rings is 2. The fraction of sp³-hybridized carbons (Fsp3) is 0.217. The SMILES string of the molecule is O=C(C=Cc1ccc(O)c(O)c1)NC1CCC(NC(=O)C=Cc2ccc(O)c(O)c2)C1O. The van der Waals surface area contributed by atoms with Gasteiger partial charge in [-0.2, -0.15) is 0 Å². The Hall–Kier alpha value is -3.98. The molecule has 1 aliphatic rings. The summed E-state index contributed by atoms with van der Waals surface area (Å²) >= 11 is 0. The standard InChI is InChI=1S/C23H24N2O7/c26-17-7-1-13(11-19(17)28)3-9-21(30)24-15-5-6-16(23(15)32)25-22(31)10-4-14-2-8-18(27)20(29)12-14/h1-4,7-12,15-16,23,26-29,32H,5-6H2,(H,24,30)(H,25,31). The minimum atomic E-state index is -0.972. The maximum absolute atomic E-state index is 12.2. The monoisotopic (exact) mass is 440 g/mol. The van der Waals surface area contributed by atoms with Gasteiger partial charge in [0, 0.05) is 12.2 Å². The average Bonchev–Trinajstić information content (AvgIpc) is 3.09. The number of phenols is 4. The molecule has 0 spiro atoms. The zero-order valence-electron chi connectivity index (χ0n) is 17.0. The predicted octanol–water partition coefficient (Wildman–Crippen LogP) is 1.36. The Morgan fingerprint density at radius 2 is 1.12 bits per heavy atom. The van der Waals surface area contributed by atoms with Crippen LogP contribution in [0, 0.1) is 0 Å². The van der Waals surface area contributed by atoms with Crippen molar-refractivity contribution >= 4 is 24.0 Å². The highest BCUT2D eigenvalue weighted by Gasteiger charge is 2.35. The Labute approximate surface area is 184 Å². The molecule has 0 saturated heterocycles. The molecule has 2 atom stereocenters. The topological polar surface area (TPSA) is 159 Å². The summed E-state index contributed by atoms with van der Waals surface area (Å²) in [5.74, 6) is -2.00. The van der Waals surface area contributed by atoms with Crippen molar-refractivity contribution in [3.63, 3.8) is 0 Å². The highest BCUT2D eigenvalue weighted by atomic mass is 16.3. The normalized spacial score (nSPS) is 20.6. The second-order valence-electron chi connectivity index (χ2n) is 7.46. The van der Waals surface area contributed by atoms with Crippen LogP contribution in [-0.2, 0) is 9.59 Å². The van der Waals surface area contributed by atoms with Crippen molar-refractivity contribution in [2.75, 3.05) is 0 Å². The lowest BCUT2D eigenvalue weighted by Gasteiger charge is -2.20. The third-order valence-electron chi connectivity index (χ3n) is 5.12. The van der Waals surface area contributed by atoms with E-state index in [0.29, 0.717) is 24.0 Å². The van der Waals surface area contributed by atoms with Gasteiger partial charge in [-0.25, -0.2) is 0 Å². The average molecular weight is 440 g/mol. The molecule has 0 heterocycles. The van der Waals surface area contributed by atoms with Crippen molar-refractivity contribution in [3.05, 3.63) is 59.7 Å². The van der Waals surface area contributed by atoms with Gasteiger partial charge >= 0.3 is 0 Å². The van der Waals surface area contributed by atoms with Crippen molar-refractivity contribution in [3.8, 4) is 23.0 Å². The first-order chi connectivity index (χ1) is 15.2. The van der Waals surface area contributed by atoms with Gasteiger partial charge in [-0.3, -0.25) is 9.59 Å². The summed E-state index contributed by atoms with van der Waals surface area (Å²) in [6.45, 7) is 0. The van der Waals surface area contributed by atoms with E-state index in [2.05, 4.69) is 10.6 Å². The van der Waals surface area contributed by atoms with Crippen LogP contribution in [-0.4, -0.2) is 55.5 Å². The minimum absolute atomic E-state index is 0.259. The number of nitrogens with one attached hydrogen (secondary N) is 2. The summed E-state index contributed by atoms with van der Waals surface area (Å²) in [6.07, 6.45) is 5.39. The summed E-state index contributed by atoms with van der Waals surface area (Å²) in [4.78, 5) is 24.3. The van der Waals surface area contributed by atoms with Crippen LogP contribution >= 0.6 is 0 Å². The molecule has 3 rings (SSSR count). The van der Waals surface area contributed by atoms with Crippen LogP contribution in [0.5, 0.6) is 23.0 Å². The minimum Gasteiger partial charge on any atom is -0.504 e. The second-order valence-corrected chi connectivity index (χ2v) is 7.46. The first-order valence-electron chi connectivity index (χ1n) is 9.92. The predicted molar refractivity (Wildman–Crippen MR) is 117 cm³/mol. The molecule has 2 amide bonds. The van der Waals surface area contributed by atoms with E-state index < -0.39 is 30.0 Å². The van der Waals surface area contributed by atoms with Crippen LogP contribution in [0.1, 0.15) is 24.0 Å². The third kappa shape index (κ3) is 5.79. The van der Waals surface area contributed by atoms with Crippen LogP contribution in [0.15, 0.2) is 48.6 Å². The van der Waals surface area contributed by atoms with E-state index in [0.717, 1.165) is 0 Å². The van der Waals surface area contributed by atoms with Crippen LogP contribution in [0.2, 0.25) is 0 Å². The van der Waals surface area contributed by atoms with E-state index in [9.17, 15) is 35.1 Å². The molecule has 1 saturated carbocycles. The molecule has 1 fully saturated rings. The van der Waals surface area contributed by atoms with Crippen LogP contribution in [0.25, 0.3) is 12.2 Å². The number of carbonyl (C=O) groups is 2. The molecule has 2 aromatic carbocycles. The van der Waals surface area contributed by atoms with Crippen LogP contribution < -0.4 is 10.6 Å². The molecular weight excluding hydrogens is 416 g/mol. The molecule has 168 valence electrons. The van der Waals surface area contributed by atoms with Gasteiger partial charge in [0.2, 0.25) is 11.8 Å². The molecule has 0 aliphatic heterocycles. The zero-order valence-corrected chi connectivity index (χ0v) is 17.0. The van der Waals surface area contributed by atoms with E-state index in [1.54, 1.807) is 0 Å². The summed E-state index contributed by atoms with van der Waals surface area (Å²) in [6, 6.07) is 7.21. The summed E-state index contributed by atoms with van der Waals surface area (Å²) in [5.41, 5.74) is 1.03. The van der Waals surface area contributed by atoms with Gasteiger partial charge in [0.1, 0.15) is 0 Å². The Kier molecular flexibility index (Phi) is 7.01. The highest BCUT2D eigenvalue weighted by molar-refractivity contribution is 5.93. The van der Waals surface area contributed by atoms with Crippen molar-refractivity contribution in [1.29, 1.82) is 0 Å².